The summed E-state index contributed by atoms with van der Waals surface area (Å²) in [6, 6.07) is 9.27. The summed E-state index contributed by atoms with van der Waals surface area (Å²) in [5.41, 5.74) is 0.846. The maximum atomic E-state index is 11.1. The van der Waals surface area contributed by atoms with Crippen molar-refractivity contribution in [3.63, 3.8) is 0 Å². The zero-order valence-electron chi connectivity index (χ0n) is 7.44. The normalized spacial score (nSPS) is 10.8. The van der Waals surface area contributed by atoms with E-state index in [9.17, 15) is 4.79 Å². The minimum Gasteiger partial charge on any atom is -0.431 e. The Kier molecular flexibility index (Phi) is 3.95. The second-order valence-corrected chi connectivity index (χ2v) is 2.88. The molecule has 0 amide bonds. The standard InChI is InChI=1S/C11H9ClO2/c1-2-14-11(13)10(12)8-9-6-4-3-5-7-9/h2-8H,1H2. The highest BCUT2D eigenvalue weighted by Gasteiger charge is 2.05. The van der Waals surface area contributed by atoms with Crippen LogP contribution in [0.4, 0.5) is 0 Å². The van der Waals surface area contributed by atoms with Crippen LogP contribution < -0.4 is 0 Å². The zero-order chi connectivity index (χ0) is 10.4. The number of rotatable bonds is 3. The van der Waals surface area contributed by atoms with E-state index in [0.717, 1.165) is 11.8 Å². The fourth-order valence-electron chi connectivity index (χ4n) is 0.886. The molecule has 3 heteroatoms. The first-order valence-corrected chi connectivity index (χ1v) is 4.36. The predicted octanol–water partition coefficient (Wildman–Crippen LogP) is 2.95. The lowest BCUT2D eigenvalue weighted by atomic mass is 10.2. The van der Waals surface area contributed by atoms with Crippen molar-refractivity contribution in [3.8, 4) is 0 Å². The molecule has 0 N–H and O–H groups in total. The molecular formula is C11H9ClO2. The highest BCUT2D eigenvalue weighted by Crippen LogP contribution is 2.11. The van der Waals surface area contributed by atoms with Crippen molar-refractivity contribution in [3.05, 3.63) is 53.8 Å². The molecule has 0 atom stereocenters. The molecular weight excluding hydrogens is 200 g/mol. The van der Waals surface area contributed by atoms with Crippen molar-refractivity contribution < 1.29 is 9.53 Å². The third kappa shape index (κ3) is 3.07. The Labute approximate surface area is 87.5 Å². The van der Waals surface area contributed by atoms with Crippen molar-refractivity contribution in [1.82, 2.24) is 0 Å². The maximum Gasteiger partial charge on any atom is 0.354 e. The van der Waals surface area contributed by atoms with Gasteiger partial charge in [-0.15, -0.1) is 0 Å². The van der Waals surface area contributed by atoms with Crippen LogP contribution in [0.3, 0.4) is 0 Å². The summed E-state index contributed by atoms with van der Waals surface area (Å²) in [4.78, 5) is 11.1. The van der Waals surface area contributed by atoms with Crippen LogP contribution >= 0.6 is 11.6 Å². The van der Waals surface area contributed by atoms with Crippen LogP contribution in [-0.4, -0.2) is 5.97 Å². The van der Waals surface area contributed by atoms with Gasteiger partial charge >= 0.3 is 5.97 Å². The van der Waals surface area contributed by atoms with Gasteiger partial charge in [0.15, 0.2) is 0 Å². The molecule has 0 aromatic heterocycles. The average Bonchev–Trinajstić information content (AvgIpc) is 2.19. The predicted molar refractivity (Wildman–Crippen MR) is 56.6 cm³/mol. The third-order valence-electron chi connectivity index (χ3n) is 1.48. The van der Waals surface area contributed by atoms with E-state index in [1.807, 2.05) is 30.3 Å². The van der Waals surface area contributed by atoms with Crippen LogP contribution in [0.15, 0.2) is 48.2 Å². The largest absolute Gasteiger partial charge is 0.431 e. The molecule has 0 fully saturated rings. The van der Waals surface area contributed by atoms with Crippen LogP contribution in [0.5, 0.6) is 0 Å². The summed E-state index contributed by atoms with van der Waals surface area (Å²) >= 11 is 5.68. The third-order valence-corrected chi connectivity index (χ3v) is 1.74. The van der Waals surface area contributed by atoms with Gasteiger partial charge in [-0.2, -0.15) is 0 Å². The number of carbonyl (C=O) groups excluding carboxylic acids is 1. The molecule has 0 heterocycles. The van der Waals surface area contributed by atoms with Gasteiger partial charge < -0.3 is 4.74 Å². The van der Waals surface area contributed by atoms with Gasteiger partial charge in [0.05, 0.1) is 6.26 Å². The Bertz CT molecular complexity index is 355. The van der Waals surface area contributed by atoms with Crippen LogP contribution in [0, 0.1) is 0 Å². The molecule has 1 aromatic rings. The van der Waals surface area contributed by atoms with E-state index >= 15 is 0 Å². The number of hydrogen-bond donors (Lipinski definition) is 0. The van der Waals surface area contributed by atoms with E-state index in [4.69, 9.17) is 11.6 Å². The quantitative estimate of drug-likeness (QED) is 0.434. The number of carbonyl (C=O) groups is 1. The molecule has 14 heavy (non-hydrogen) atoms. The van der Waals surface area contributed by atoms with Crippen LogP contribution in [-0.2, 0) is 9.53 Å². The van der Waals surface area contributed by atoms with Gasteiger partial charge in [0.1, 0.15) is 5.03 Å². The molecule has 0 aliphatic heterocycles. The SMILES string of the molecule is C=COC(=O)C(Cl)=Cc1ccccc1. The Hall–Kier alpha value is -1.54. The van der Waals surface area contributed by atoms with Crippen molar-refractivity contribution in [2.45, 2.75) is 0 Å². The maximum absolute atomic E-state index is 11.1. The zero-order valence-corrected chi connectivity index (χ0v) is 8.20. The number of benzene rings is 1. The Morgan fingerprint density at radius 1 is 1.36 bits per heavy atom. The van der Waals surface area contributed by atoms with Crippen LogP contribution in [0.1, 0.15) is 5.56 Å². The molecule has 2 nitrogen and oxygen atoms in total. The minimum absolute atomic E-state index is 0.0242. The van der Waals surface area contributed by atoms with Gasteiger partial charge in [-0.05, 0) is 11.6 Å². The first kappa shape index (κ1) is 10.5. The summed E-state index contributed by atoms with van der Waals surface area (Å²) < 4.78 is 4.50. The molecule has 0 spiro atoms. The highest BCUT2D eigenvalue weighted by molar-refractivity contribution is 6.43. The first-order valence-electron chi connectivity index (χ1n) is 3.98. The van der Waals surface area contributed by atoms with E-state index in [0.29, 0.717) is 0 Å². The van der Waals surface area contributed by atoms with Gasteiger partial charge in [-0.1, -0.05) is 48.5 Å². The van der Waals surface area contributed by atoms with E-state index < -0.39 is 5.97 Å². The highest BCUT2D eigenvalue weighted by atomic mass is 35.5. The Morgan fingerprint density at radius 2 is 2.00 bits per heavy atom. The minimum atomic E-state index is -0.606. The lowest BCUT2D eigenvalue weighted by Gasteiger charge is -1.96. The fourth-order valence-corrected chi connectivity index (χ4v) is 1.06. The van der Waals surface area contributed by atoms with Gasteiger partial charge in [0.25, 0.3) is 0 Å². The van der Waals surface area contributed by atoms with Crippen LogP contribution in [0.2, 0.25) is 0 Å². The number of ether oxygens (including phenoxy) is 1. The van der Waals surface area contributed by atoms with Crippen molar-refractivity contribution in [2.75, 3.05) is 0 Å². The molecule has 0 saturated heterocycles. The van der Waals surface area contributed by atoms with E-state index in [1.54, 1.807) is 0 Å². The molecule has 0 aliphatic rings. The van der Waals surface area contributed by atoms with Crippen molar-refractivity contribution in [1.29, 1.82) is 0 Å². The summed E-state index contributed by atoms with van der Waals surface area (Å²) in [6.45, 7) is 3.26. The van der Waals surface area contributed by atoms with Crippen molar-refractivity contribution >= 4 is 23.6 Å². The molecule has 0 saturated carbocycles. The molecule has 0 aliphatic carbocycles. The van der Waals surface area contributed by atoms with Gasteiger partial charge in [-0.25, -0.2) is 4.79 Å². The Morgan fingerprint density at radius 3 is 2.57 bits per heavy atom. The molecule has 1 aromatic carbocycles. The fraction of sp³-hybridized carbons (Fsp3) is 0. The summed E-state index contributed by atoms with van der Waals surface area (Å²) in [5.74, 6) is -0.606. The van der Waals surface area contributed by atoms with E-state index in [1.165, 1.54) is 6.08 Å². The topological polar surface area (TPSA) is 26.3 Å². The van der Waals surface area contributed by atoms with Gasteiger partial charge in [-0.3, -0.25) is 0 Å². The second kappa shape index (κ2) is 5.25. The number of esters is 1. The van der Waals surface area contributed by atoms with Gasteiger partial charge in [0.2, 0.25) is 0 Å². The first-order chi connectivity index (χ1) is 6.74. The van der Waals surface area contributed by atoms with E-state index in [-0.39, 0.29) is 5.03 Å². The lowest BCUT2D eigenvalue weighted by molar-refractivity contribution is -0.132. The summed E-state index contributed by atoms with van der Waals surface area (Å²) in [6.07, 6.45) is 2.58. The summed E-state index contributed by atoms with van der Waals surface area (Å²) in [7, 11) is 0. The monoisotopic (exact) mass is 208 g/mol. The molecule has 0 radical (unpaired) electrons. The number of halogens is 1. The Balaban J connectivity index is 2.78. The molecule has 0 unspecified atom stereocenters. The smallest absolute Gasteiger partial charge is 0.354 e. The van der Waals surface area contributed by atoms with Crippen LogP contribution in [0.25, 0.3) is 6.08 Å². The molecule has 0 bridgehead atoms. The average molecular weight is 209 g/mol. The second-order valence-electron chi connectivity index (χ2n) is 2.47. The lowest BCUT2D eigenvalue weighted by Crippen LogP contribution is -1.98. The molecule has 1 rings (SSSR count). The summed E-state index contributed by atoms with van der Waals surface area (Å²) in [5, 5.41) is 0.0242. The van der Waals surface area contributed by atoms with Crippen molar-refractivity contribution in [2.24, 2.45) is 0 Å². The van der Waals surface area contributed by atoms with E-state index in [2.05, 4.69) is 11.3 Å². The molecule has 72 valence electrons. The number of hydrogen-bond acceptors (Lipinski definition) is 2. The van der Waals surface area contributed by atoms with Gasteiger partial charge in [0, 0.05) is 0 Å².